The quantitative estimate of drug-likeness (QED) is 0.786. The van der Waals surface area contributed by atoms with E-state index in [1.807, 2.05) is 18.2 Å². The van der Waals surface area contributed by atoms with Gasteiger partial charge in [-0.3, -0.25) is 13.9 Å². The lowest BCUT2D eigenvalue weighted by Gasteiger charge is -2.19. The number of nitrogens with one attached hydrogen (secondary N) is 1. The van der Waals surface area contributed by atoms with Gasteiger partial charge in [0.25, 0.3) is 5.91 Å². The van der Waals surface area contributed by atoms with Crippen molar-refractivity contribution in [2.75, 3.05) is 23.1 Å². The summed E-state index contributed by atoms with van der Waals surface area (Å²) < 4.78 is 26.6. The molecule has 2 aromatic rings. The van der Waals surface area contributed by atoms with Crippen molar-refractivity contribution in [3.05, 3.63) is 65.2 Å². The summed E-state index contributed by atoms with van der Waals surface area (Å²) in [6.07, 6.45) is 0.699. The number of benzene rings is 2. The van der Waals surface area contributed by atoms with E-state index < -0.39 is 10.0 Å². The van der Waals surface area contributed by atoms with Crippen molar-refractivity contribution in [2.24, 2.45) is 0 Å². The van der Waals surface area contributed by atoms with E-state index in [1.54, 1.807) is 30.3 Å². The Hall–Kier alpha value is -2.67. The van der Waals surface area contributed by atoms with Crippen molar-refractivity contribution in [3.8, 4) is 0 Å². The molecule has 0 aromatic heterocycles. The van der Waals surface area contributed by atoms with Gasteiger partial charge < -0.3 is 5.32 Å². The number of carbonyl (C=O) groups is 2. The largest absolute Gasteiger partial charge is 0.351 e. The van der Waals surface area contributed by atoms with Crippen molar-refractivity contribution < 1.29 is 18.0 Å². The van der Waals surface area contributed by atoms with Crippen LogP contribution in [0.25, 0.3) is 0 Å². The predicted octanol–water partition coefficient (Wildman–Crippen LogP) is 2.01. The standard InChI is InChI=1S/C19H20N2O4S/c1-14(22)15-6-8-17(9-7-15)19(23)20-11-13-26(24,25)21-12-10-16-4-2-3-5-18(16)21/h2-9H,10-13H2,1H3,(H,20,23). The number of amides is 1. The number of hydrogen-bond acceptors (Lipinski definition) is 4. The average Bonchev–Trinajstić information content (AvgIpc) is 3.06. The number of fused-ring (bicyclic) bond motifs is 1. The van der Waals surface area contributed by atoms with Crippen molar-refractivity contribution in [2.45, 2.75) is 13.3 Å². The molecule has 0 saturated heterocycles. The minimum atomic E-state index is -3.50. The number of ketones is 1. The second-order valence-electron chi connectivity index (χ2n) is 6.16. The van der Waals surface area contributed by atoms with Gasteiger partial charge in [0.15, 0.2) is 5.78 Å². The summed E-state index contributed by atoms with van der Waals surface area (Å²) in [4.78, 5) is 23.4. The molecule has 0 saturated carbocycles. The zero-order valence-electron chi connectivity index (χ0n) is 14.4. The van der Waals surface area contributed by atoms with Crippen LogP contribution in [0.2, 0.25) is 0 Å². The third kappa shape index (κ3) is 3.77. The normalized spacial score (nSPS) is 13.3. The van der Waals surface area contributed by atoms with Gasteiger partial charge in [-0.05, 0) is 37.1 Å². The molecule has 0 bridgehead atoms. The van der Waals surface area contributed by atoms with Gasteiger partial charge in [0, 0.05) is 24.2 Å². The van der Waals surface area contributed by atoms with Crippen LogP contribution in [-0.2, 0) is 16.4 Å². The molecule has 136 valence electrons. The van der Waals surface area contributed by atoms with Crippen LogP contribution in [0.1, 0.15) is 33.2 Å². The van der Waals surface area contributed by atoms with Gasteiger partial charge in [-0.2, -0.15) is 0 Å². The lowest BCUT2D eigenvalue weighted by molar-refractivity contribution is 0.0953. The molecule has 0 aliphatic carbocycles. The van der Waals surface area contributed by atoms with E-state index in [-0.39, 0.29) is 24.0 Å². The van der Waals surface area contributed by atoms with Gasteiger partial charge >= 0.3 is 0 Å². The van der Waals surface area contributed by atoms with Gasteiger partial charge in [0.1, 0.15) is 0 Å². The Bertz CT molecular complexity index is 936. The number of carbonyl (C=O) groups excluding carboxylic acids is 2. The summed E-state index contributed by atoms with van der Waals surface area (Å²) in [6, 6.07) is 13.7. The van der Waals surface area contributed by atoms with Crippen LogP contribution in [0, 0.1) is 0 Å². The third-order valence-corrected chi connectivity index (χ3v) is 6.15. The molecule has 2 aromatic carbocycles. The molecule has 3 rings (SSSR count). The number of anilines is 1. The monoisotopic (exact) mass is 372 g/mol. The Morgan fingerprint density at radius 3 is 2.38 bits per heavy atom. The maximum atomic E-state index is 12.6. The molecular formula is C19H20N2O4S. The van der Waals surface area contributed by atoms with Gasteiger partial charge in [-0.1, -0.05) is 30.3 Å². The van der Waals surface area contributed by atoms with Gasteiger partial charge in [0.05, 0.1) is 11.4 Å². The van der Waals surface area contributed by atoms with E-state index in [9.17, 15) is 18.0 Å². The smallest absolute Gasteiger partial charge is 0.251 e. The first-order chi connectivity index (χ1) is 12.4. The van der Waals surface area contributed by atoms with Crippen molar-refractivity contribution >= 4 is 27.4 Å². The highest BCUT2D eigenvalue weighted by atomic mass is 32.2. The van der Waals surface area contributed by atoms with Crippen LogP contribution in [0.15, 0.2) is 48.5 Å². The van der Waals surface area contributed by atoms with Crippen LogP contribution >= 0.6 is 0 Å². The zero-order chi connectivity index (χ0) is 18.7. The summed E-state index contributed by atoms with van der Waals surface area (Å²) in [5.74, 6) is -0.607. The highest BCUT2D eigenvalue weighted by Crippen LogP contribution is 2.29. The van der Waals surface area contributed by atoms with Gasteiger partial charge in [0.2, 0.25) is 10.0 Å². The highest BCUT2D eigenvalue weighted by Gasteiger charge is 2.28. The number of sulfonamides is 1. The minimum Gasteiger partial charge on any atom is -0.351 e. The average molecular weight is 372 g/mol. The predicted molar refractivity (Wildman–Crippen MR) is 100 cm³/mol. The molecule has 1 amide bonds. The summed E-state index contributed by atoms with van der Waals surface area (Å²) in [5, 5.41) is 2.62. The molecule has 26 heavy (non-hydrogen) atoms. The molecule has 1 aliphatic heterocycles. The van der Waals surface area contributed by atoms with E-state index in [0.717, 1.165) is 11.3 Å². The topological polar surface area (TPSA) is 83.5 Å². The Kier molecular flexibility index (Phi) is 5.08. The Morgan fingerprint density at radius 2 is 1.69 bits per heavy atom. The lowest BCUT2D eigenvalue weighted by atomic mass is 10.1. The number of hydrogen-bond donors (Lipinski definition) is 1. The molecule has 1 aliphatic rings. The van der Waals surface area contributed by atoms with Crippen LogP contribution < -0.4 is 9.62 Å². The first-order valence-electron chi connectivity index (χ1n) is 8.36. The molecule has 1 N–H and O–H groups in total. The SMILES string of the molecule is CC(=O)c1ccc(C(=O)NCCS(=O)(=O)N2CCc3ccccc32)cc1. The van der Waals surface area contributed by atoms with E-state index in [1.165, 1.54) is 11.2 Å². The lowest BCUT2D eigenvalue weighted by Crippen LogP contribution is -2.37. The van der Waals surface area contributed by atoms with Crippen LogP contribution in [-0.4, -0.2) is 39.0 Å². The van der Waals surface area contributed by atoms with E-state index in [4.69, 9.17) is 0 Å². The third-order valence-electron chi connectivity index (χ3n) is 4.38. The summed E-state index contributed by atoms with van der Waals surface area (Å²) in [6.45, 7) is 1.91. The van der Waals surface area contributed by atoms with Crippen LogP contribution in [0.3, 0.4) is 0 Å². The summed E-state index contributed by atoms with van der Waals surface area (Å²) in [5.41, 5.74) is 2.65. The Labute approximate surface area is 152 Å². The first kappa shape index (κ1) is 18.1. The van der Waals surface area contributed by atoms with Gasteiger partial charge in [-0.25, -0.2) is 8.42 Å². The van der Waals surface area contributed by atoms with Gasteiger partial charge in [-0.15, -0.1) is 0 Å². The van der Waals surface area contributed by atoms with Crippen molar-refractivity contribution in [3.63, 3.8) is 0 Å². The fraction of sp³-hybridized carbons (Fsp3) is 0.263. The fourth-order valence-electron chi connectivity index (χ4n) is 2.96. The molecule has 0 fully saturated rings. The first-order valence-corrected chi connectivity index (χ1v) is 9.97. The second-order valence-corrected chi connectivity index (χ2v) is 8.17. The van der Waals surface area contributed by atoms with Crippen LogP contribution in [0.5, 0.6) is 0 Å². The molecule has 1 heterocycles. The Balaban J connectivity index is 1.59. The maximum Gasteiger partial charge on any atom is 0.251 e. The number of nitrogens with zero attached hydrogens (tertiary/aromatic N) is 1. The molecule has 0 unspecified atom stereocenters. The molecule has 6 nitrogen and oxygen atoms in total. The Morgan fingerprint density at radius 1 is 1.04 bits per heavy atom. The van der Waals surface area contributed by atoms with Crippen molar-refractivity contribution in [1.82, 2.24) is 5.32 Å². The molecule has 0 spiro atoms. The van der Waals surface area contributed by atoms with Crippen LogP contribution in [0.4, 0.5) is 5.69 Å². The van der Waals surface area contributed by atoms with E-state index in [2.05, 4.69) is 5.32 Å². The maximum absolute atomic E-state index is 12.6. The molecular weight excluding hydrogens is 352 g/mol. The number of para-hydroxylation sites is 1. The number of Topliss-reactive ketones (excluding diaryl/α,β-unsaturated/α-hetero) is 1. The second kappa shape index (κ2) is 7.29. The fourth-order valence-corrected chi connectivity index (χ4v) is 4.39. The minimum absolute atomic E-state index is 0.0221. The van der Waals surface area contributed by atoms with Crippen molar-refractivity contribution in [1.29, 1.82) is 0 Å². The van der Waals surface area contributed by atoms with E-state index in [0.29, 0.717) is 24.1 Å². The highest BCUT2D eigenvalue weighted by molar-refractivity contribution is 7.92. The summed E-state index contributed by atoms with van der Waals surface area (Å²) in [7, 11) is -3.50. The number of rotatable bonds is 6. The van der Waals surface area contributed by atoms with E-state index >= 15 is 0 Å². The molecule has 0 radical (unpaired) electrons. The molecule has 0 atom stereocenters. The summed E-state index contributed by atoms with van der Waals surface area (Å²) >= 11 is 0. The zero-order valence-corrected chi connectivity index (χ0v) is 15.3. The molecule has 7 heteroatoms.